The molecule has 2 aliphatic rings. The second kappa shape index (κ2) is 11.5. The molecular weight excluding hydrogens is 430 g/mol. The van der Waals surface area contributed by atoms with Crippen molar-refractivity contribution in [3.8, 4) is 0 Å². The molecule has 7 heteroatoms. The Morgan fingerprint density at radius 2 is 1.79 bits per heavy atom. The summed E-state index contributed by atoms with van der Waals surface area (Å²) in [5.74, 6) is -0.290. The summed E-state index contributed by atoms with van der Waals surface area (Å²) in [6.07, 6.45) is 9.93. The molecule has 1 saturated heterocycles. The van der Waals surface area contributed by atoms with Crippen molar-refractivity contribution in [2.75, 3.05) is 11.9 Å². The SMILES string of the molecule is CC1(C)CC(C(=O)NC(CCCCCCCc2ccc3c(n2)NCCC3)C(=O)O)CC(C)(C)O1. The molecule has 0 aromatic carbocycles. The van der Waals surface area contributed by atoms with Crippen LogP contribution < -0.4 is 10.6 Å². The van der Waals surface area contributed by atoms with Gasteiger partial charge in [-0.05, 0) is 84.3 Å². The number of nitrogens with zero attached hydrogens (tertiary/aromatic N) is 1. The molecule has 1 atom stereocenters. The maximum atomic E-state index is 12.8. The van der Waals surface area contributed by atoms with Gasteiger partial charge in [-0.2, -0.15) is 0 Å². The van der Waals surface area contributed by atoms with Crippen molar-refractivity contribution in [3.63, 3.8) is 0 Å². The van der Waals surface area contributed by atoms with Crippen molar-refractivity contribution < 1.29 is 19.4 Å². The first-order valence-electron chi connectivity index (χ1n) is 13.0. The summed E-state index contributed by atoms with van der Waals surface area (Å²) in [6.45, 7) is 8.96. The normalized spacial score (nSPS) is 20.1. The Balaban J connectivity index is 1.35. The van der Waals surface area contributed by atoms with Gasteiger partial charge in [-0.3, -0.25) is 4.79 Å². The van der Waals surface area contributed by atoms with E-state index in [1.165, 1.54) is 12.0 Å². The van der Waals surface area contributed by atoms with Crippen molar-refractivity contribution in [3.05, 3.63) is 23.4 Å². The lowest BCUT2D eigenvalue weighted by molar-refractivity contribution is -0.178. The summed E-state index contributed by atoms with van der Waals surface area (Å²) in [6, 6.07) is 3.52. The molecule has 1 fully saturated rings. The first kappa shape index (κ1) is 26.5. The fourth-order valence-electron chi connectivity index (χ4n) is 5.52. The van der Waals surface area contributed by atoms with Crippen LogP contribution in [-0.4, -0.2) is 45.8 Å². The highest BCUT2D eigenvalue weighted by Gasteiger charge is 2.42. The molecule has 34 heavy (non-hydrogen) atoms. The number of carbonyl (C=O) groups excluding carboxylic acids is 1. The monoisotopic (exact) mass is 473 g/mol. The largest absolute Gasteiger partial charge is 0.480 e. The van der Waals surface area contributed by atoms with Crippen LogP contribution in [-0.2, 0) is 27.2 Å². The maximum Gasteiger partial charge on any atom is 0.326 e. The molecule has 0 aliphatic carbocycles. The number of carbonyl (C=O) groups is 2. The summed E-state index contributed by atoms with van der Waals surface area (Å²) >= 11 is 0. The van der Waals surface area contributed by atoms with Crippen LogP contribution in [0.3, 0.4) is 0 Å². The van der Waals surface area contributed by atoms with Gasteiger partial charge in [0.1, 0.15) is 11.9 Å². The number of fused-ring (bicyclic) bond motifs is 1. The van der Waals surface area contributed by atoms with Gasteiger partial charge in [0.15, 0.2) is 0 Å². The number of pyridine rings is 1. The van der Waals surface area contributed by atoms with Crippen molar-refractivity contribution in [2.45, 2.75) is 116 Å². The van der Waals surface area contributed by atoms with Gasteiger partial charge >= 0.3 is 5.97 Å². The van der Waals surface area contributed by atoms with E-state index in [9.17, 15) is 14.7 Å². The van der Waals surface area contributed by atoms with E-state index in [4.69, 9.17) is 9.72 Å². The van der Waals surface area contributed by atoms with E-state index in [0.717, 1.165) is 63.0 Å². The summed E-state index contributed by atoms with van der Waals surface area (Å²) in [5.41, 5.74) is 1.67. The van der Waals surface area contributed by atoms with Gasteiger partial charge in [0.2, 0.25) is 5.91 Å². The first-order valence-corrected chi connectivity index (χ1v) is 13.0. The van der Waals surface area contributed by atoms with E-state index in [2.05, 4.69) is 22.8 Å². The topological polar surface area (TPSA) is 101 Å². The molecule has 3 rings (SSSR count). The Morgan fingerprint density at radius 1 is 1.12 bits per heavy atom. The molecule has 0 saturated carbocycles. The number of carboxylic acid groups (broad SMARTS) is 1. The molecular formula is C27H43N3O4. The van der Waals surface area contributed by atoms with Crippen molar-refractivity contribution >= 4 is 17.7 Å². The second-order valence-corrected chi connectivity index (χ2v) is 11.3. The van der Waals surface area contributed by atoms with Crippen LogP contribution in [0.15, 0.2) is 12.1 Å². The average molecular weight is 474 g/mol. The molecule has 1 unspecified atom stereocenters. The second-order valence-electron chi connectivity index (χ2n) is 11.3. The van der Waals surface area contributed by atoms with Gasteiger partial charge in [-0.25, -0.2) is 9.78 Å². The number of unbranched alkanes of at least 4 members (excludes halogenated alkanes) is 4. The zero-order valence-electron chi connectivity index (χ0n) is 21.4. The van der Waals surface area contributed by atoms with Crippen LogP contribution in [0.5, 0.6) is 0 Å². The van der Waals surface area contributed by atoms with Gasteiger partial charge in [0.05, 0.1) is 11.2 Å². The van der Waals surface area contributed by atoms with E-state index in [1.54, 1.807) is 0 Å². The Hall–Kier alpha value is -2.15. The summed E-state index contributed by atoms with van der Waals surface area (Å²) < 4.78 is 6.05. The number of ether oxygens (including phenoxy) is 1. The molecule has 3 heterocycles. The van der Waals surface area contributed by atoms with Crippen LogP contribution in [0.25, 0.3) is 0 Å². The number of rotatable bonds is 11. The molecule has 0 radical (unpaired) electrons. The lowest BCUT2D eigenvalue weighted by Gasteiger charge is -2.44. The highest BCUT2D eigenvalue weighted by atomic mass is 16.5. The fraction of sp³-hybridized carbons (Fsp3) is 0.741. The van der Waals surface area contributed by atoms with E-state index in [0.29, 0.717) is 19.3 Å². The predicted molar refractivity (Wildman–Crippen MR) is 134 cm³/mol. The van der Waals surface area contributed by atoms with E-state index < -0.39 is 23.2 Å². The zero-order valence-corrected chi connectivity index (χ0v) is 21.4. The molecule has 1 aromatic heterocycles. The number of nitrogens with one attached hydrogen (secondary N) is 2. The summed E-state index contributed by atoms with van der Waals surface area (Å²) in [4.78, 5) is 29.3. The molecule has 1 aromatic rings. The molecule has 1 amide bonds. The Bertz CT molecular complexity index is 836. The quantitative estimate of drug-likeness (QED) is 0.396. The number of aromatic nitrogens is 1. The average Bonchev–Trinajstić information content (AvgIpc) is 2.75. The van der Waals surface area contributed by atoms with Crippen LogP contribution in [0, 0.1) is 5.92 Å². The lowest BCUT2D eigenvalue weighted by Crippen LogP contribution is -2.51. The minimum Gasteiger partial charge on any atom is -0.480 e. The predicted octanol–water partition coefficient (Wildman–Crippen LogP) is 4.88. The molecule has 2 aliphatic heterocycles. The van der Waals surface area contributed by atoms with Crippen LogP contribution in [0.1, 0.15) is 96.7 Å². The maximum absolute atomic E-state index is 12.8. The first-order chi connectivity index (χ1) is 16.0. The molecule has 190 valence electrons. The number of carboxylic acids is 1. The van der Waals surface area contributed by atoms with E-state index in [1.807, 2.05) is 27.7 Å². The Kier molecular flexibility index (Phi) is 8.96. The number of hydrogen-bond acceptors (Lipinski definition) is 5. The van der Waals surface area contributed by atoms with Gasteiger partial charge in [0, 0.05) is 18.2 Å². The third-order valence-corrected chi connectivity index (χ3v) is 6.89. The number of hydrogen-bond donors (Lipinski definition) is 3. The van der Waals surface area contributed by atoms with Gasteiger partial charge < -0.3 is 20.5 Å². The van der Waals surface area contributed by atoms with Gasteiger partial charge in [0.25, 0.3) is 0 Å². The van der Waals surface area contributed by atoms with Gasteiger partial charge in [-0.15, -0.1) is 0 Å². The zero-order chi connectivity index (χ0) is 24.8. The Morgan fingerprint density at radius 3 is 2.50 bits per heavy atom. The van der Waals surface area contributed by atoms with Crippen LogP contribution in [0.4, 0.5) is 5.82 Å². The summed E-state index contributed by atoms with van der Waals surface area (Å²) in [7, 11) is 0. The minimum atomic E-state index is -0.953. The molecule has 7 nitrogen and oxygen atoms in total. The highest BCUT2D eigenvalue weighted by molar-refractivity contribution is 5.85. The smallest absolute Gasteiger partial charge is 0.326 e. The van der Waals surface area contributed by atoms with Crippen molar-refractivity contribution in [1.82, 2.24) is 10.3 Å². The number of aliphatic carboxylic acids is 1. The molecule has 0 bridgehead atoms. The van der Waals surface area contributed by atoms with E-state index in [-0.39, 0.29) is 11.8 Å². The van der Waals surface area contributed by atoms with E-state index >= 15 is 0 Å². The third-order valence-electron chi connectivity index (χ3n) is 6.89. The van der Waals surface area contributed by atoms with Crippen molar-refractivity contribution in [1.29, 1.82) is 0 Å². The highest BCUT2D eigenvalue weighted by Crippen LogP contribution is 2.38. The number of anilines is 1. The van der Waals surface area contributed by atoms with Crippen molar-refractivity contribution in [2.24, 2.45) is 5.92 Å². The fourth-order valence-corrected chi connectivity index (χ4v) is 5.52. The van der Waals surface area contributed by atoms with Crippen LogP contribution in [0.2, 0.25) is 0 Å². The molecule has 3 N–H and O–H groups in total. The number of aryl methyl sites for hydroxylation is 2. The standard InChI is InChI=1S/C27H43N3O4/c1-26(2)17-20(18-27(3,4)34-26)24(31)30-22(25(32)33)13-9-7-5-6-8-12-21-15-14-19-11-10-16-28-23(19)29-21/h14-15,20,22H,5-13,16-18H2,1-4H3,(H,28,29)(H,30,31)(H,32,33). The van der Waals surface area contributed by atoms with Crippen LogP contribution >= 0.6 is 0 Å². The van der Waals surface area contributed by atoms with Gasteiger partial charge in [-0.1, -0.05) is 31.7 Å². The Labute approximate surface area is 204 Å². The number of amides is 1. The molecule has 0 spiro atoms. The lowest BCUT2D eigenvalue weighted by atomic mass is 9.80. The minimum absolute atomic E-state index is 0.163. The summed E-state index contributed by atoms with van der Waals surface area (Å²) in [5, 5.41) is 15.8. The third kappa shape index (κ3) is 7.97.